The lowest BCUT2D eigenvalue weighted by atomic mass is 10.0. The number of carbonyl (C=O) groups excluding carboxylic acids is 3. The van der Waals surface area contributed by atoms with Crippen molar-refractivity contribution in [1.82, 2.24) is 21.3 Å². The summed E-state index contributed by atoms with van der Waals surface area (Å²) in [6, 6.07) is -1.63. The maximum absolute atomic E-state index is 12.3. The van der Waals surface area contributed by atoms with Gasteiger partial charge in [0.25, 0.3) is 0 Å². The Labute approximate surface area is 138 Å². The highest BCUT2D eigenvalue weighted by molar-refractivity contribution is 5.90. The van der Waals surface area contributed by atoms with Crippen LogP contribution in [0, 0.1) is 5.92 Å². The minimum Gasteiger partial charge on any atom is -0.352 e. The van der Waals surface area contributed by atoms with Crippen LogP contribution in [0.5, 0.6) is 0 Å². The van der Waals surface area contributed by atoms with Crippen molar-refractivity contribution < 1.29 is 14.4 Å². The monoisotopic (exact) mass is 329 g/mol. The predicted octanol–water partition coefficient (Wildman–Crippen LogP) is -0.312. The summed E-state index contributed by atoms with van der Waals surface area (Å²) >= 11 is 0. The fraction of sp³-hybridized carbons (Fsp3) is 0.800. The second kappa shape index (κ2) is 10.8. The molecule has 0 saturated carbocycles. The molecular formula is C15H31N5O3. The first-order valence-corrected chi connectivity index (χ1v) is 8.00. The Hall–Kier alpha value is -1.83. The molecule has 0 spiro atoms. The van der Waals surface area contributed by atoms with E-state index in [0.29, 0.717) is 19.4 Å². The van der Waals surface area contributed by atoms with Gasteiger partial charge in [0, 0.05) is 12.6 Å². The van der Waals surface area contributed by atoms with Crippen LogP contribution in [-0.2, 0) is 9.59 Å². The molecule has 23 heavy (non-hydrogen) atoms. The summed E-state index contributed by atoms with van der Waals surface area (Å²) in [6.07, 6.45) is 0.949. The summed E-state index contributed by atoms with van der Waals surface area (Å²) < 4.78 is 0. The van der Waals surface area contributed by atoms with Gasteiger partial charge in [-0.2, -0.15) is 0 Å². The zero-order chi connectivity index (χ0) is 18.0. The Morgan fingerprint density at radius 2 is 1.61 bits per heavy atom. The molecule has 0 aromatic heterocycles. The molecular weight excluding hydrogens is 298 g/mol. The molecule has 2 atom stereocenters. The number of carbonyl (C=O) groups is 3. The molecule has 0 fully saturated rings. The van der Waals surface area contributed by atoms with Crippen LogP contribution in [0.3, 0.4) is 0 Å². The third-order valence-corrected chi connectivity index (χ3v) is 3.29. The van der Waals surface area contributed by atoms with E-state index in [-0.39, 0.29) is 29.8 Å². The van der Waals surface area contributed by atoms with Gasteiger partial charge in [0.1, 0.15) is 6.04 Å². The van der Waals surface area contributed by atoms with Gasteiger partial charge in [0.2, 0.25) is 11.8 Å². The first-order chi connectivity index (χ1) is 10.7. The van der Waals surface area contributed by atoms with E-state index in [0.717, 1.165) is 0 Å². The molecule has 0 heterocycles. The van der Waals surface area contributed by atoms with E-state index in [1.54, 1.807) is 7.05 Å². The second-order valence-electron chi connectivity index (χ2n) is 6.17. The van der Waals surface area contributed by atoms with Gasteiger partial charge in [0.05, 0.1) is 6.04 Å². The van der Waals surface area contributed by atoms with Crippen LogP contribution in [-0.4, -0.2) is 49.6 Å². The highest BCUT2D eigenvalue weighted by Crippen LogP contribution is 2.04. The maximum Gasteiger partial charge on any atom is 0.312 e. The zero-order valence-corrected chi connectivity index (χ0v) is 14.7. The number of primary amides is 1. The fourth-order valence-electron chi connectivity index (χ4n) is 2.20. The predicted molar refractivity (Wildman–Crippen MR) is 89.7 cm³/mol. The van der Waals surface area contributed by atoms with Crippen LogP contribution in [0.1, 0.15) is 40.5 Å². The van der Waals surface area contributed by atoms with Crippen molar-refractivity contribution in [3.8, 4) is 0 Å². The zero-order valence-electron chi connectivity index (χ0n) is 14.7. The maximum atomic E-state index is 12.3. The van der Waals surface area contributed by atoms with Crippen LogP contribution in [0.2, 0.25) is 0 Å². The van der Waals surface area contributed by atoms with Crippen LogP contribution in [0.15, 0.2) is 0 Å². The molecule has 4 amide bonds. The molecule has 0 aromatic rings. The van der Waals surface area contributed by atoms with Crippen molar-refractivity contribution >= 4 is 17.8 Å². The van der Waals surface area contributed by atoms with Crippen LogP contribution in [0.4, 0.5) is 4.79 Å². The molecule has 8 nitrogen and oxygen atoms in total. The number of nitrogens with one attached hydrogen (secondary N) is 4. The summed E-state index contributed by atoms with van der Waals surface area (Å²) in [5, 5.41) is 11.0. The van der Waals surface area contributed by atoms with Gasteiger partial charge >= 0.3 is 6.03 Å². The molecule has 2 unspecified atom stereocenters. The third-order valence-electron chi connectivity index (χ3n) is 3.29. The Kier molecular flexibility index (Phi) is 9.96. The first kappa shape index (κ1) is 21.2. The number of hydrogen-bond acceptors (Lipinski definition) is 4. The van der Waals surface area contributed by atoms with Gasteiger partial charge in [-0.1, -0.05) is 13.8 Å². The molecule has 0 rings (SSSR count). The Morgan fingerprint density at radius 1 is 1.00 bits per heavy atom. The topological polar surface area (TPSA) is 125 Å². The smallest absolute Gasteiger partial charge is 0.312 e. The van der Waals surface area contributed by atoms with Crippen molar-refractivity contribution in [2.45, 2.75) is 58.7 Å². The Bertz CT molecular complexity index is 399. The largest absolute Gasteiger partial charge is 0.352 e. The molecule has 0 bridgehead atoms. The average Bonchev–Trinajstić information content (AvgIpc) is 2.41. The van der Waals surface area contributed by atoms with Gasteiger partial charge in [-0.3, -0.25) is 9.59 Å². The van der Waals surface area contributed by atoms with E-state index in [1.165, 1.54) is 0 Å². The highest BCUT2D eigenvalue weighted by Gasteiger charge is 2.26. The summed E-state index contributed by atoms with van der Waals surface area (Å²) in [5.41, 5.74) is 5.00. The van der Waals surface area contributed by atoms with E-state index in [2.05, 4.69) is 21.3 Å². The molecule has 134 valence electrons. The molecule has 6 N–H and O–H groups in total. The average molecular weight is 329 g/mol. The number of urea groups is 1. The van der Waals surface area contributed by atoms with Crippen molar-refractivity contribution in [2.75, 3.05) is 13.6 Å². The second-order valence-corrected chi connectivity index (χ2v) is 6.17. The van der Waals surface area contributed by atoms with E-state index < -0.39 is 12.1 Å². The summed E-state index contributed by atoms with van der Waals surface area (Å²) in [6.45, 7) is 7.93. The quantitative estimate of drug-likeness (QED) is 0.352. The van der Waals surface area contributed by atoms with Gasteiger partial charge in [-0.05, 0) is 39.7 Å². The molecule has 8 heteroatoms. The van der Waals surface area contributed by atoms with Gasteiger partial charge in [-0.15, -0.1) is 0 Å². The molecule has 0 aromatic carbocycles. The normalized spacial score (nSPS) is 13.5. The third kappa shape index (κ3) is 9.02. The van der Waals surface area contributed by atoms with E-state index in [4.69, 9.17) is 5.73 Å². The van der Waals surface area contributed by atoms with E-state index in [1.807, 2.05) is 27.7 Å². The SMILES string of the molecule is CNC(C(=O)NC(CCCNC(N)=O)C(=O)NC(C)C)C(C)C. The fourth-order valence-corrected chi connectivity index (χ4v) is 2.20. The minimum atomic E-state index is -0.644. The molecule has 0 aliphatic carbocycles. The lowest BCUT2D eigenvalue weighted by molar-refractivity contribution is -0.131. The summed E-state index contributed by atoms with van der Waals surface area (Å²) in [4.78, 5) is 35.2. The Balaban J connectivity index is 4.73. The summed E-state index contributed by atoms with van der Waals surface area (Å²) in [7, 11) is 1.71. The highest BCUT2D eigenvalue weighted by atomic mass is 16.2. The van der Waals surface area contributed by atoms with Crippen molar-refractivity contribution in [1.29, 1.82) is 0 Å². The number of amides is 4. The van der Waals surface area contributed by atoms with Crippen LogP contribution in [0.25, 0.3) is 0 Å². The molecule has 0 aliphatic rings. The van der Waals surface area contributed by atoms with Crippen molar-refractivity contribution in [2.24, 2.45) is 11.7 Å². The van der Waals surface area contributed by atoms with Gasteiger partial charge in [0.15, 0.2) is 0 Å². The van der Waals surface area contributed by atoms with Gasteiger partial charge < -0.3 is 27.0 Å². The number of nitrogens with two attached hydrogens (primary N) is 1. The van der Waals surface area contributed by atoms with Crippen molar-refractivity contribution in [3.63, 3.8) is 0 Å². The standard InChI is InChI=1S/C15H31N5O3/c1-9(2)12(17-5)14(22)20-11(13(21)19-10(3)4)7-6-8-18-15(16)23/h9-12,17H,6-8H2,1-5H3,(H,19,21)(H,20,22)(H3,16,18,23). The number of rotatable bonds is 10. The van der Waals surface area contributed by atoms with E-state index in [9.17, 15) is 14.4 Å². The van der Waals surface area contributed by atoms with Crippen molar-refractivity contribution in [3.05, 3.63) is 0 Å². The molecule has 0 saturated heterocycles. The van der Waals surface area contributed by atoms with E-state index >= 15 is 0 Å². The molecule has 0 aliphatic heterocycles. The lowest BCUT2D eigenvalue weighted by Crippen LogP contribution is -2.54. The Morgan fingerprint density at radius 3 is 2.04 bits per heavy atom. The minimum absolute atomic E-state index is 0.0177. The summed E-state index contributed by atoms with van der Waals surface area (Å²) in [5.74, 6) is -0.342. The van der Waals surface area contributed by atoms with Crippen LogP contribution < -0.4 is 27.0 Å². The number of hydrogen-bond donors (Lipinski definition) is 5. The number of likely N-dealkylation sites (N-methyl/N-ethyl adjacent to an activating group) is 1. The van der Waals surface area contributed by atoms with Gasteiger partial charge in [-0.25, -0.2) is 4.79 Å². The first-order valence-electron chi connectivity index (χ1n) is 8.00. The van der Waals surface area contributed by atoms with Crippen LogP contribution >= 0.6 is 0 Å². The molecule has 0 radical (unpaired) electrons. The lowest BCUT2D eigenvalue weighted by Gasteiger charge is -2.24.